The van der Waals surface area contributed by atoms with Gasteiger partial charge < -0.3 is 10.5 Å². The lowest BCUT2D eigenvalue weighted by Gasteiger charge is -2.14. The van der Waals surface area contributed by atoms with Crippen molar-refractivity contribution in [3.63, 3.8) is 0 Å². The predicted octanol–water partition coefficient (Wildman–Crippen LogP) is 3.86. The zero-order valence-electron chi connectivity index (χ0n) is 10.5. The van der Waals surface area contributed by atoms with Crippen molar-refractivity contribution < 1.29 is 9.13 Å². The van der Waals surface area contributed by atoms with Gasteiger partial charge in [-0.05, 0) is 25.5 Å². The van der Waals surface area contributed by atoms with Gasteiger partial charge in [-0.2, -0.15) is 0 Å². The largest absolute Gasteiger partial charge is 0.489 e. The first-order valence-corrected chi connectivity index (χ1v) is 5.89. The molecule has 0 aliphatic rings. The summed E-state index contributed by atoms with van der Waals surface area (Å²) in [5.41, 5.74) is 7.63. The van der Waals surface area contributed by atoms with Gasteiger partial charge in [0.15, 0.2) is 0 Å². The molecule has 2 aromatic rings. The van der Waals surface area contributed by atoms with Gasteiger partial charge in [-0.3, -0.25) is 0 Å². The summed E-state index contributed by atoms with van der Waals surface area (Å²) in [4.78, 5) is 0. The second kappa shape index (κ2) is 5.08. The number of anilines is 1. The summed E-state index contributed by atoms with van der Waals surface area (Å²) >= 11 is 0. The van der Waals surface area contributed by atoms with Crippen LogP contribution in [0.15, 0.2) is 42.5 Å². The van der Waals surface area contributed by atoms with Crippen LogP contribution < -0.4 is 10.5 Å². The van der Waals surface area contributed by atoms with Gasteiger partial charge >= 0.3 is 0 Å². The maximum absolute atomic E-state index is 14.0. The maximum Gasteiger partial charge on any atom is 0.145 e. The van der Waals surface area contributed by atoms with Crippen molar-refractivity contribution in [1.29, 1.82) is 0 Å². The highest BCUT2D eigenvalue weighted by molar-refractivity contribution is 5.71. The van der Waals surface area contributed by atoms with E-state index in [1.807, 2.05) is 44.2 Å². The topological polar surface area (TPSA) is 35.2 Å². The van der Waals surface area contributed by atoms with Gasteiger partial charge in [0.05, 0.1) is 11.8 Å². The predicted molar refractivity (Wildman–Crippen MR) is 72.0 cm³/mol. The zero-order chi connectivity index (χ0) is 13.1. The van der Waals surface area contributed by atoms with Crippen molar-refractivity contribution in [3.8, 4) is 16.9 Å². The van der Waals surface area contributed by atoms with Crippen LogP contribution in [0.3, 0.4) is 0 Å². The number of hydrogen-bond donors (Lipinski definition) is 1. The molecular formula is C15H16FNO. The van der Waals surface area contributed by atoms with E-state index in [0.717, 1.165) is 5.56 Å². The van der Waals surface area contributed by atoms with E-state index in [9.17, 15) is 4.39 Å². The summed E-state index contributed by atoms with van der Waals surface area (Å²) in [6.07, 6.45) is -0.0331. The Bertz CT molecular complexity index is 538. The molecule has 18 heavy (non-hydrogen) atoms. The fourth-order valence-corrected chi connectivity index (χ4v) is 1.77. The van der Waals surface area contributed by atoms with Crippen LogP contribution in [0.1, 0.15) is 13.8 Å². The van der Waals surface area contributed by atoms with Crippen molar-refractivity contribution in [3.05, 3.63) is 48.3 Å². The molecule has 2 rings (SSSR count). The van der Waals surface area contributed by atoms with E-state index in [-0.39, 0.29) is 11.9 Å². The monoisotopic (exact) mass is 245 g/mol. The van der Waals surface area contributed by atoms with Crippen LogP contribution in [0.4, 0.5) is 10.1 Å². The molecule has 2 N–H and O–H groups in total. The normalized spacial score (nSPS) is 10.7. The third kappa shape index (κ3) is 2.62. The first-order chi connectivity index (χ1) is 8.58. The molecule has 0 spiro atoms. The molecule has 2 aromatic carbocycles. The van der Waals surface area contributed by atoms with E-state index in [4.69, 9.17) is 10.5 Å². The van der Waals surface area contributed by atoms with Crippen molar-refractivity contribution >= 4 is 5.69 Å². The Kier molecular flexibility index (Phi) is 3.51. The van der Waals surface area contributed by atoms with Gasteiger partial charge in [0.1, 0.15) is 11.6 Å². The van der Waals surface area contributed by atoms with Gasteiger partial charge in [0.25, 0.3) is 0 Å². The van der Waals surface area contributed by atoms with Gasteiger partial charge in [-0.25, -0.2) is 4.39 Å². The van der Waals surface area contributed by atoms with Crippen molar-refractivity contribution in [1.82, 2.24) is 0 Å². The number of benzene rings is 2. The zero-order valence-corrected chi connectivity index (χ0v) is 10.5. The molecule has 0 fully saturated rings. The summed E-state index contributed by atoms with van der Waals surface area (Å²) in [6.45, 7) is 3.75. The third-order valence-electron chi connectivity index (χ3n) is 2.55. The Balaban J connectivity index is 2.43. The van der Waals surface area contributed by atoms with Crippen LogP contribution in [-0.4, -0.2) is 6.10 Å². The SMILES string of the molecule is CC(C)Oc1cc(F)c(-c2ccccc2)cc1N. The van der Waals surface area contributed by atoms with Crippen molar-refractivity contribution in [2.24, 2.45) is 0 Å². The molecule has 2 nitrogen and oxygen atoms in total. The van der Waals surface area contributed by atoms with Gasteiger partial charge in [-0.1, -0.05) is 30.3 Å². The van der Waals surface area contributed by atoms with E-state index in [1.165, 1.54) is 6.07 Å². The Morgan fingerprint density at radius 3 is 2.39 bits per heavy atom. The molecule has 0 bridgehead atoms. The van der Waals surface area contributed by atoms with Crippen molar-refractivity contribution in [2.45, 2.75) is 20.0 Å². The maximum atomic E-state index is 14.0. The summed E-state index contributed by atoms with van der Waals surface area (Å²) in [7, 11) is 0. The number of nitrogens with two attached hydrogens (primary N) is 1. The second-order valence-corrected chi connectivity index (χ2v) is 4.40. The molecule has 0 heterocycles. The summed E-state index contributed by atoms with van der Waals surface area (Å²) in [6, 6.07) is 12.3. The third-order valence-corrected chi connectivity index (χ3v) is 2.55. The van der Waals surface area contributed by atoms with Crippen molar-refractivity contribution in [2.75, 3.05) is 5.73 Å². The molecule has 0 aliphatic carbocycles. The quantitative estimate of drug-likeness (QED) is 0.833. The van der Waals surface area contributed by atoms with Crippen LogP contribution in [-0.2, 0) is 0 Å². The second-order valence-electron chi connectivity index (χ2n) is 4.40. The van der Waals surface area contributed by atoms with E-state index >= 15 is 0 Å². The van der Waals surface area contributed by atoms with Crippen LogP contribution in [0.25, 0.3) is 11.1 Å². The molecule has 94 valence electrons. The standard InChI is InChI=1S/C15H16FNO/c1-10(2)18-15-9-13(16)12(8-14(15)17)11-6-4-3-5-7-11/h3-10H,17H2,1-2H3. The van der Waals surface area contributed by atoms with E-state index < -0.39 is 0 Å². The number of halogens is 1. The molecule has 0 aromatic heterocycles. The van der Waals surface area contributed by atoms with Crippen LogP contribution >= 0.6 is 0 Å². The summed E-state index contributed by atoms with van der Waals surface area (Å²) in [5.74, 6) is 0.0632. The van der Waals surface area contributed by atoms with Crippen LogP contribution in [0, 0.1) is 5.82 Å². The molecule has 0 atom stereocenters. The minimum absolute atomic E-state index is 0.0331. The molecule has 3 heteroatoms. The first-order valence-electron chi connectivity index (χ1n) is 5.89. The highest BCUT2D eigenvalue weighted by Crippen LogP contribution is 2.31. The minimum atomic E-state index is -0.328. The number of rotatable bonds is 3. The van der Waals surface area contributed by atoms with E-state index in [0.29, 0.717) is 17.0 Å². The lowest BCUT2D eigenvalue weighted by atomic mass is 10.0. The fourth-order valence-electron chi connectivity index (χ4n) is 1.77. The molecule has 0 amide bonds. The van der Waals surface area contributed by atoms with Crippen LogP contribution in [0.2, 0.25) is 0 Å². The van der Waals surface area contributed by atoms with Gasteiger partial charge in [-0.15, -0.1) is 0 Å². The Morgan fingerprint density at radius 1 is 1.11 bits per heavy atom. The van der Waals surface area contributed by atoms with E-state index in [1.54, 1.807) is 6.07 Å². The smallest absolute Gasteiger partial charge is 0.145 e. The van der Waals surface area contributed by atoms with Gasteiger partial charge in [0, 0.05) is 11.6 Å². The Hall–Kier alpha value is -2.03. The number of ether oxygens (including phenoxy) is 1. The highest BCUT2D eigenvalue weighted by Gasteiger charge is 2.11. The fraction of sp³-hybridized carbons (Fsp3) is 0.200. The first kappa shape index (κ1) is 12.4. The molecule has 0 unspecified atom stereocenters. The molecule has 0 radical (unpaired) electrons. The Morgan fingerprint density at radius 2 is 1.78 bits per heavy atom. The molecule has 0 saturated carbocycles. The highest BCUT2D eigenvalue weighted by atomic mass is 19.1. The average Bonchev–Trinajstić information content (AvgIpc) is 2.34. The summed E-state index contributed by atoms with van der Waals surface area (Å²) < 4.78 is 19.5. The number of nitrogen functional groups attached to an aromatic ring is 1. The number of hydrogen-bond acceptors (Lipinski definition) is 2. The molecule has 0 saturated heterocycles. The van der Waals surface area contributed by atoms with E-state index in [2.05, 4.69) is 0 Å². The summed E-state index contributed by atoms with van der Waals surface area (Å²) in [5, 5.41) is 0. The van der Waals surface area contributed by atoms with Crippen LogP contribution in [0.5, 0.6) is 5.75 Å². The molecular weight excluding hydrogens is 229 g/mol. The average molecular weight is 245 g/mol. The lowest BCUT2D eigenvalue weighted by Crippen LogP contribution is -2.08. The minimum Gasteiger partial charge on any atom is -0.489 e. The van der Waals surface area contributed by atoms with Gasteiger partial charge in [0.2, 0.25) is 0 Å². The Labute approximate surface area is 106 Å². The molecule has 0 aliphatic heterocycles. The lowest BCUT2D eigenvalue weighted by molar-refractivity contribution is 0.243.